The fraction of sp³-hybridized carbons (Fsp3) is 0.0714. The molecule has 1 amide bonds. The molecule has 19 heavy (non-hydrogen) atoms. The first-order chi connectivity index (χ1) is 9.10. The normalized spacial score (nSPS) is 10.3. The third-order valence-corrected chi connectivity index (χ3v) is 3.84. The molecule has 0 atom stereocenters. The summed E-state index contributed by atoms with van der Waals surface area (Å²) < 4.78 is 13.4. The summed E-state index contributed by atoms with van der Waals surface area (Å²) in [4.78, 5) is 13.1. The second-order valence-corrected chi connectivity index (χ2v) is 5.55. The zero-order chi connectivity index (χ0) is 13.8. The van der Waals surface area contributed by atoms with Crippen LogP contribution in [0.1, 0.15) is 10.4 Å². The van der Waals surface area contributed by atoms with E-state index in [1.165, 1.54) is 18.2 Å². The molecule has 0 aliphatic carbocycles. The number of halogens is 2. The van der Waals surface area contributed by atoms with E-state index in [2.05, 4.69) is 21.2 Å². The Morgan fingerprint density at radius 2 is 2.05 bits per heavy atom. The van der Waals surface area contributed by atoms with Crippen LogP contribution >= 0.6 is 27.7 Å². The highest BCUT2D eigenvalue weighted by molar-refractivity contribution is 9.10. The van der Waals surface area contributed by atoms with Crippen LogP contribution in [0.3, 0.4) is 0 Å². The van der Waals surface area contributed by atoms with Crippen molar-refractivity contribution < 1.29 is 9.18 Å². The maximum absolute atomic E-state index is 13.1. The number of amides is 1. The predicted octanol–water partition coefficient (Wildman–Crippen LogP) is 4.56. The van der Waals surface area contributed by atoms with Gasteiger partial charge in [-0.15, -0.1) is 11.8 Å². The lowest BCUT2D eigenvalue weighted by Crippen LogP contribution is -2.12. The molecule has 2 aromatic carbocycles. The number of rotatable bonds is 3. The van der Waals surface area contributed by atoms with Crippen molar-refractivity contribution in [1.29, 1.82) is 0 Å². The van der Waals surface area contributed by atoms with Gasteiger partial charge in [0.05, 0.1) is 4.47 Å². The van der Waals surface area contributed by atoms with E-state index < -0.39 is 0 Å². The number of anilines is 1. The molecule has 1 N–H and O–H groups in total. The zero-order valence-corrected chi connectivity index (χ0v) is 12.5. The summed E-state index contributed by atoms with van der Waals surface area (Å²) in [6, 6.07) is 11.7. The fourth-order valence-corrected chi connectivity index (χ4v) is 2.38. The van der Waals surface area contributed by atoms with Crippen molar-refractivity contribution in [1.82, 2.24) is 0 Å². The lowest BCUT2D eigenvalue weighted by atomic mass is 10.2. The van der Waals surface area contributed by atoms with Gasteiger partial charge in [0, 0.05) is 16.1 Å². The first-order valence-electron chi connectivity index (χ1n) is 5.50. The van der Waals surface area contributed by atoms with Crippen LogP contribution in [0.4, 0.5) is 10.1 Å². The number of thioether (sulfide) groups is 1. The number of hydrogen-bond acceptors (Lipinski definition) is 2. The monoisotopic (exact) mass is 339 g/mol. The summed E-state index contributed by atoms with van der Waals surface area (Å²) in [5.41, 5.74) is 1.13. The van der Waals surface area contributed by atoms with Crippen LogP contribution in [0.2, 0.25) is 0 Å². The molecular weight excluding hydrogens is 329 g/mol. The molecule has 0 saturated carbocycles. The maximum Gasteiger partial charge on any atom is 0.255 e. The molecule has 0 unspecified atom stereocenters. The van der Waals surface area contributed by atoms with Crippen molar-refractivity contribution >= 4 is 39.3 Å². The van der Waals surface area contributed by atoms with Gasteiger partial charge in [0.2, 0.25) is 0 Å². The molecule has 2 aromatic rings. The lowest BCUT2D eigenvalue weighted by molar-refractivity contribution is 0.102. The number of carbonyl (C=O) groups is 1. The first kappa shape index (κ1) is 14.1. The van der Waals surface area contributed by atoms with E-state index in [-0.39, 0.29) is 16.2 Å². The summed E-state index contributed by atoms with van der Waals surface area (Å²) in [5.74, 6) is -0.653. The van der Waals surface area contributed by atoms with Crippen LogP contribution in [0, 0.1) is 5.82 Å². The second-order valence-electron chi connectivity index (χ2n) is 3.81. The topological polar surface area (TPSA) is 29.1 Å². The molecule has 2 nitrogen and oxygen atoms in total. The number of carbonyl (C=O) groups excluding carboxylic acids is 1. The first-order valence-corrected chi connectivity index (χ1v) is 7.52. The molecule has 0 radical (unpaired) electrons. The maximum atomic E-state index is 13.1. The highest BCUT2D eigenvalue weighted by atomic mass is 79.9. The Kier molecular flexibility index (Phi) is 4.61. The van der Waals surface area contributed by atoms with Crippen molar-refractivity contribution in [3.8, 4) is 0 Å². The molecule has 0 spiro atoms. The van der Waals surface area contributed by atoms with E-state index in [1.54, 1.807) is 11.8 Å². The van der Waals surface area contributed by atoms with Crippen LogP contribution in [-0.2, 0) is 0 Å². The summed E-state index contributed by atoms with van der Waals surface area (Å²) >= 11 is 4.67. The lowest BCUT2D eigenvalue weighted by Gasteiger charge is -2.07. The van der Waals surface area contributed by atoms with E-state index in [9.17, 15) is 9.18 Å². The van der Waals surface area contributed by atoms with Gasteiger partial charge in [0.15, 0.2) is 0 Å². The van der Waals surface area contributed by atoms with Gasteiger partial charge in [-0.2, -0.15) is 0 Å². The van der Waals surface area contributed by atoms with Crippen LogP contribution in [0.15, 0.2) is 51.8 Å². The molecule has 0 fully saturated rings. The van der Waals surface area contributed by atoms with E-state index >= 15 is 0 Å². The Balaban J connectivity index is 2.18. The SMILES string of the molecule is CSc1cccc(NC(=O)c2ccc(F)c(Br)c2)c1. The number of nitrogens with one attached hydrogen (secondary N) is 1. The summed E-state index contributed by atoms with van der Waals surface area (Å²) in [5, 5.41) is 2.78. The largest absolute Gasteiger partial charge is 0.322 e. The highest BCUT2D eigenvalue weighted by Crippen LogP contribution is 2.21. The van der Waals surface area contributed by atoms with Crippen LogP contribution in [0.25, 0.3) is 0 Å². The van der Waals surface area contributed by atoms with Gasteiger partial charge < -0.3 is 5.32 Å². The van der Waals surface area contributed by atoms with Crippen LogP contribution in [0.5, 0.6) is 0 Å². The van der Waals surface area contributed by atoms with Gasteiger partial charge in [0.1, 0.15) is 5.82 Å². The average molecular weight is 340 g/mol. The molecule has 5 heteroatoms. The smallest absolute Gasteiger partial charge is 0.255 e. The average Bonchev–Trinajstić information content (AvgIpc) is 2.42. The van der Waals surface area contributed by atoms with E-state index in [0.29, 0.717) is 5.56 Å². The third kappa shape index (κ3) is 3.58. The van der Waals surface area contributed by atoms with E-state index in [1.807, 2.05) is 30.5 Å². The Bertz CT molecular complexity index is 618. The molecule has 0 aliphatic heterocycles. The minimum Gasteiger partial charge on any atom is -0.322 e. The van der Waals surface area contributed by atoms with Crippen molar-refractivity contribution in [2.75, 3.05) is 11.6 Å². The molecule has 0 saturated heterocycles. The molecule has 98 valence electrons. The number of benzene rings is 2. The van der Waals surface area contributed by atoms with Crippen molar-refractivity contribution in [3.05, 3.63) is 58.3 Å². The van der Waals surface area contributed by atoms with Crippen LogP contribution < -0.4 is 5.32 Å². The van der Waals surface area contributed by atoms with Gasteiger partial charge >= 0.3 is 0 Å². The summed E-state index contributed by atoms with van der Waals surface area (Å²) in [6.45, 7) is 0. The summed E-state index contributed by atoms with van der Waals surface area (Å²) in [6.07, 6.45) is 1.97. The van der Waals surface area contributed by atoms with Crippen molar-refractivity contribution in [2.24, 2.45) is 0 Å². The Morgan fingerprint density at radius 3 is 2.74 bits per heavy atom. The van der Waals surface area contributed by atoms with Gasteiger partial charge in [-0.05, 0) is 58.6 Å². The van der Waals surface area contributed by atoms with Crippen LogP contribution in [-0.4, -0.2) is 12.2 Å². The predicted molar refractivity (Wildman–Crippen MR) is 80.3 cm³/mol. The molecule has 0 bridgehead atoms. The quantitative estimate of drug-likeness (QED) is 0.830. The molecule has 0 aliphatic rings. The van der Waals surface area contributed by atoms with Gasteiger partial charge in [0.25, 0.3) is 5.91 Å². The Hall–Kier alpha value is -1.33. The molecule has 0 heterocycles. The summed E-state index contributed by atoms with van der Waals surface area (Å²) in [7, 11) is 0. The van der Waals surface area contributed by atoms with E-state index in [4.69, 9.17) is 0 Å². The van der Waals surface area contributed by atoms with Gasteiger partial charge in [-0.3, -0.25) is 4.79 Å². The van der Waals surface area contributed by atoms with E-state index in [0.717, 1.165) is 10.6 Å². The molecule has 0 aromatic heterocycles. The second kappa shape index (κ2) is 6.21. The van der Waals surface area contributed by atoms with Gasteiger partial charge in [-0.1, -0.05) is 6.07 Å². The highest BCUT2D eigenvalue weighted by Gasteiger charge is 2.09. The van der Waals surface area contributed by atoms with Gasteiger partial charge in [-0.25, -0.2) is 4.39 Å². The fourth-order valence-electron chi connectivity index (χ4n) is 1.54. The van der Waals surface area contributed by atoms with Crippen molar-refractivity contribution in [2.45, 2.75) is 4.90 Å². The minimum absolute atomic E-state index is 0.265. The Morgan fingerprint density at radius 1 is 1.26 bits per heavy atom. The number of hydrogen-bond donors (Lipinski definition) is 1. The Labute approximate surface area is 123 Å². The third-order valence-electron chi connectivity index (χ3n) is 2.51. The van der Waals surface area contributed by atoms with Crippen molar-refractivity contribution in [3.63, 3.8) is 0 Å². The minimum atomic E-state index is -0.388. The molecule has 2 rings (SSSR count). The standard InChI is InChI=1S/C14H11BrFNOS/c1-19-11-4-2-3-10(8-11)17-14(18)9-5-6-13(16)12(15)7-9/h2-8H,1H3,(H,17,18). The zero-order valence-electron chi connectivity index (χ0n) is 10.1. The molecular formula is C14H11BrFNOS.